The van der Waals surface area contributed by atoms with E-state index in [1.807, 2.05) is 0 Å². The molecule has 0 saturated carbocycles. The molecule has 0 unspecified atom stereocenters. The van der Waals surface area contributed by atoms with Crippen LogP contribution in [0.5, 0.6) is 5.75 Å². The summed E-state index contributed by atoms with van der Waals surface area (Å²) < 4.78 is 39.9. The van der Waals surface area contributed by atoms with Crippen LogP contribution >= 0.6 is 12.4 Å². The molecule has 1 atom stereocenters. The highest BCUT2D eigenvalue weighted by atomic mass is 35.5. The van der Waals surface area contributed by atoms with E-state index in [1.165, 1.54) is 12.1 Å². The molecule has 5 N–H and O–H groups in total. The van der Waals surface area contributed by atoms with E-state index in [1.54, 1.807) is 4.90 Å². The number of likely N-dealkylation sites (tertiary alicyclic amines) is 1. The maximum Gasteiger partial charge on any atom is 0.573 e. The zero-order chi connectivity index (χ0) is 17.0. The molecule has 11 heteroatoms. The number of hydrogen-bond acceptors (Lipinski definition) is 3. The van der Waals surface area contributed by atoms with Gasteiger partial charge in [-0.2, -0.15) is 4.99 Å². The summed E-state index contributed by atoms with van der Waals surface area (Å²) in [5, 5.41) is 9.42. The molecule has 1 aromatic carbocycles. The Labute approximate surface area is 142 Å². The molecule has 7 nitrogen and oxygen atoms in total. The first-order valence-electron chi connectivity index (χ1n) is 6.70. The van der Waals surface area contributed by atoms with E-state index in [-0.39, 0.29) is 30.1 Å². The molecule has 134 valence electrons. The predicted octanol–water partition coefficient (Wildman–Crippen LogP) is 1.33. The van der Waals surface area contributed by atoms with Gasteiger partial charge in [-0.05, 0) is 30.7 Å². The van der Waals surface area contributed by atoms with E-state index in [0.29, 0.717) is 25.2 Å². The summed E-state index contributed by atoms with van der Waals surface area (Å²) in [6.07, 6.45) is -4.61. The lowest BCUT2D eigenvalue weighted by molar-refractivity contribution is -0.274. The van der Waals surface area contributed by atoms with Gasteiger partial charge in [0.1, 0.15) is 5.75 Å². The number of aliphatic imine (C=N–C) groups is 2. The van der Waals surface area contributed by atoms with E-state index < -0.39 is 12.5 Å². The lowest BCUT2D eigenvalue weighted by atomic mass is 10.3. The van der Waals surface area contributed by atoms with Gasteiger partial charge in [0, 0.05) is 13.1 Å². The Balaban J connectivity index is 0.00000288. The molecule has 0 radical (unpaired) electrons. The lowest BCUT2D eigenvalue weighted by Crippen LogP contribution is -2.37. The van der Waals surface area contributed by atoms with Crippen LogP contribution in [-0.2, 0) is 0 Å². The van der Waals surface area contributed by atoms with Crippen molar-refractivity contribution in [3.63, 3.8) is 0 Å². The minimum absolute atomic E-state index is 0. The summed E-state index contributed by atoms with van der Waals surface area (Å²) in [6.45, 7) is 0.930. The van der Waals surface area contributed by atoms with E-state index in [2.05, 4.69) is 14.7 Å². The molecule has 24 heavy (non-hydrogen) atoms. The molecule has 0 aliphatic carbocycles. The Morgan fingerprint density at radius 1 is 1.25 bits per heavy atom. The van der Waals surface area contributed by atoms with E-state index in [9.17, 15) is 18.3 Å². The van der Waals surface area contributed by atoms with Crippen molar-refractivity contribution < 1.29 is 23.0 Å². The van der Waals surface area contributed by atoms with Crippen LogP contribution in [0.15, 0.2) is 34.3 Å². The fourth-order valence-electron chi connectivity index (χ4n) is 2.02. The van der Waals surface area contributed by atoms with Crippen molar-refractivity contribution in [2.75, 3.05) is 13.1 Å². The van der Waals surface area contributed by atoms with Gasteiger partial charge in [-0.1, -0.05) is 0 Å². The van der Waals surface area contributed by atoms with Crippen LogP contribution in [0.4, 0.5) is 18.9 Å². The Morgan fingerprint density at radius 3 is 2.38 bits per heavy atom. The number of hydrogen-bond donors (Lipinski definition) is 3. The van der Waals surface area contributed by atoms with Crippen molar-refractivity contribution in [2.45, 2.75) is 18.9 Å². The number of aliphatic hydroxyl groups excluding tert-OH is 1. The molecule has 0 spiro atoms. The van der Waals surface area contributed by atoms with E-state index in [4.69, 9.17) is 11.5 Å². The first-order valence-corrected chi connectivity index (χ1v) is 6.70. The zero-order valence-electron chi connectivity index (χ0n) is 12.4. The molecule has 0 amide bonds. The second kappa shape index (κ2) is 8.06. The van der Waals surface area contributed by atoms with Crippen molar-refractivity contribution in [1.82, 2.24) is 4.90 Å². The van der Waals surface area contributed by atoms with Gasteiger partial charge in [0.25, 0.3) is 0 Å². The number of rotatable bonds is 2. The van der Waals surface area contributed by atoms with Crippen molar-refractivity contribution >= 4 is 30.0 Å². The predicted molar refractivity (Wildman–Crippen MR) is 85.5 cm³/mol. The smallest absolute Gasteiger partial charge is 0.406 e. The van der Waals surface area contributed by atoms with Crippen molar-refractivity contribution in [3.05, 3.63) is 24.3 Å². The fraction of sp³-hybridized carbons (Fsp3) is 0.385. The van der Waals surface area contributed by atoms with Gasteiger partial charge in [0.2, 0.25) is 5.96 Å². The number of halogens is 4. The highest BCUT2D eigenvalue weighted by Gasteiger charge is 2.30. The minimum Gasteiger partial charge on any atom is -0.406 e. The molecule has 0 aromatic heterocycles. The molecule has 0 bridgehead atoms. The van der Waals surface area contributed by atoms with Gasteiger partial charge < -0.3 is 26.2 Å². The second-order valence-corrected chi connectivity index (χ2v) is 4.87. The largest absolute Gasteiger partial charge is 0.573 e. The molecule has 1 aliphatic heterocycles. The maximum atomic E-state index is 12.0. The lowest BCUT2D eigenvalue weighted by Gasteiger charge is -2.15. The van der Waals surface area contributed by atoms with Crippen LogP contribution in [0, 0.1) is 0 Å². The second-order valence-electron chi connectivity index (χ2n) is 4.87. The summed E-state index contributed by atoms with van der Waals surface area (Å²) in [6, 6.07) is 4.84. The Kier molecular flexibility index (Phi) is 6.67. The van der Waals surface area contributed by atoms with Crippen molar-refractivity contribution in [1.29, 1.82) is 0 Å². The first kappa shape index (κ1) is 19.8. The number of alkyl halides is 3. The SMILES string of the molecule is Cl.NC(=Nc1ccc(OC(F)(F)F)cc1)N=C(N)N1CC[C@@H](O)C1. The summed E-state index contributed by atoms with van der Waals surface area (Å²) in [4.78, 5) is 9.48. The molecule has 2 rings (SSSR count). The molecule has 1 saturated heterocycles. The highest BCUT2D eigenvalue weighted by Crippen LogP contribution is 2.24. The molecular formula is C13H17ClF3N5O2. The topological polar surface area (TPSA) is 109 Å². The van der Waals surface area contributed by atoms with Crippen molar-refractivity contribution in [2.24, 2.45) is 21.5 Å². The quantitative estimate of drug-likeness (QED) is 0.539. The Morgan fingerprint density at radius 2 is 1.88 bits per heavy atom. The molecular weight excluding hydrogens is 351 g/mol. The van der Waals surface area contributed by atoms with Crippen LogP contribution in [0.2, 0.25) is 0 Å². The third-order valence-electron chi connectivity index (χ3n) is 3.03. The number of aliphatic hydroxyl groups is 1. The van der Waals surface area contributed by atoms with Crippen LogP contribution < -0.4 is 16.2 Å². The zero-order valence-corrected chi connectivity index (χ0v) is 13.2. The number of nitrogens with two attached hydrogens (primary N) is 2. The average Bonchev–Trinajstić information content (AvgIpc) is 2.86. The van der Waals surface area contributed by atoms with Crippen LogP contribution in [0.1, 0.15) is 6.42 Å². The fourth-order valence-corrected chi connectivity index (χ4v) is 2.02. The van der Waals surface area contributed by atoms with Gasteiger partial charge in [-0.15, -0.1) is 25.6 Å². The Hall–Kier alpha value is -2.20. The number of benzene rings is 1. The molecule has 1 heterocycles. The van der Waals surface area contributed by atoms with E-state index in [0.717, 1.165) is 12.1 Å². The van der Waals surface area contributed by atoms with Gasteiger partial charge in [0.15, 0.2) is 5.96 Å². The number of β-amino-alcohol motifs (C(OH)–C–C–N with tert-alkyl or cyclic N) is 1. The van der Waals surface area contributed by atoms with E-state index >= 15 is 0 Å². The highest BCUT2D eigenvalue weighted by molar-refractivity contribution is 5.94. The molecule has 1 aromatic rings. The van der Waals surface area contributed by atoms with Gasteiger partial charge in [0.05, 0.1) is 11.8 Å². The number of guanidine groups is 2. The normalized spacial score (nSPS) is 19.2. The summed E-state index contributed by atoms with van der Waals surface area (Å²) in [5.41, 5.74) is 11.7. The first-order chi connectivity index (χ1) is 10.7. The van der Waals surface area contributed by atoms with Crippen LogP contribution in [-0.4, -0.2) is 47.5 Å². The number of ether oxygens (including phenoxy) is 1. The Bertz CT molecular complexity index is 607. The summed E-state index contributed by atoms with van der Waals surface area (Å²) >= 11 is 0. The standard InChI is InChI=1S/C13H16F3N5O2.ClH/c14-13(15,16)23-10-3-1-8(2-4-10)19-11(17)20-12(18)21-6-5-9(22)7-21;/h1-4,9,22H,5-7H2,(H4,17,18,19,20);1H/t9-;/m1./s1. The molecule has 1 fully saturated rings. The monoisotopic (exact) mass is 367 g/mol. The third kappa shape index (κ3) is 6.13. The third-order valence-corrected chi connectivity index (χ3v) is 3.03. The maximum absolute atomic E-state index is 12.0. The van der Waals surface area contributed by atoms with Crippen LogP contribution in [0.3, 0.4) is 0 Å². The molecule has 1 aliphatic rings. The van der Waals surface area contributed by atoms with Crippen molar-refractivity contribution in [3.8, 4) is 5.75 Å². The van der Waals surface area contributed by atoms with Gasteiger partial charge >= 0.3 is 6.36 Å². The van der Waals surface area contributed by atoms with Gasteiger partial charge in [-0.3, -0.25) is 0 Å². The average molecular weight is 368 g/mol. The minimum atomic E-state index is -4.75. The van der Waals surface area contributed by atoms with Gasteiger partial charge in [-0.25, -0.2) is 4.99 Å². The summed E-state index contributed by atoms with van der Waals surface area (Å²) in [5.74, 6) is -0.378. The number of nitrogens with zero attached hydrogens (tertiary/aromatic N) is 3. The van der Waals surface area contributed by atoms with Crippen LogP contribution in [0.25, 0.3) is 0 Å². The summed E-state index contributed by atoms with van der Waals surface area (Å²) in [7, 11) is 0.